The van der Waals surface area contributed by atoms with Crippen LogP contribution in [0.2, 0.25) is 0 Å². The molecule has 0 radical (unpaired) electrons. The standard InChI is InChI=1S/C21H16FN5O3/c1-12-16(23-19(30-12)13-5-3-2-4-6-13)11-26-18-17(24-25-26)20(28)27(21(18)29)15-9-7-14(22)8-10-15/h2-10,17-18H,11H2,1H3. The lowest BCUT2D eigenvalue weighted by atomic mass is 10.1. The number of aryl methyl sites for hydroxylation is 1. The molecule has 5 rings (SSSR count). The Kier molecular flexibility index (Phi) is 4.16. The topological polar surface area (TPSA) is 91.4 Å². The van der Waals surface area contributed by atoms with Crippen LogP contribution >= 0.6 is 0 Å². The molecule has 0 spiro atoms. The molecule has 30 heavy (non-hydrogen) atoms. The number of nitrogens with zero attached hydrogens (tertiary/aromatic N) is 5. The van der Waals surface area contributed by atoms with Crippen molar-refractivity contribution >= 4 is 17.5 Å². The number of fused-ring (bicyclic) bond motifs is 1. The molecule has 2 aromatic carbocycles. The molecule has 0 aliphatic carbocycles. The number of halogens is 1. The SMILES string of the molecule is Cc1oc(-c2ccccc2)nc1CN1N=NC2C(=O)N(c3ccc(F)cc3)C(=O)C21. The average Bonchev–Trinajstić information content (AvgIpc) is 3.40. The van der Waals surface area contributed by atoms with Crippen LogP contribution < -0.4 is 4.90 Å². The molecule has 1 fully saturated rings. The van der Waals surface area contributed by atoms with Gasteiger partial charge in [-0.3, -0.25) is 14.6 Å². The Bertz CT molecular complexity index is 1160. The molecule has 8 nitrogen and oxygen atoms in total. The first kappa shape index (κ1) is 18.2. The van der Waals surface area contributed by atoms with E-state index in [0.29, 0.717) is 23.0 Å². The molecule has 9 heteroatoms. The fourth-order valence-corrected chi connectivity index (χ4v) is 3.63. The number of hydrogen-bond acceptors (Lipinski definition) is 7. The number of carbonyl (C=O) groups excluding carboxylic acids is 2. The molecule has 0 bridgehead atoms. The van der Waals surface area contributed by atoms with Gasteiger partial charge in [-0.2, -0.15) is 5.11 Å². The zero-order chi connectivity index (χ0) is 20.8. The maximum Gasteiger partial charge on any atom is 0.263 e. The van der Waals surface area contributed by atoms with Crippen molar-refractivity contribution < 1.29 is 18.4 Å². The third-order valence-corrected chi connectivity index (χ3v) is 5.17. The van der Waals surface area contributed by atoms with Crippen molar-refractivity contribution in [1.29, 1.82) is 0 Å². The molecule has 2 unspecified atom stereocenters. The molecule has 2 aliphatic heterocycles. The first-order valence-electron chi connectivity index (χ1n) is 9.35. The van der Waals surface area contributed by atoms with Gasteiger partial charge in [0.25, 0.3) is 11.8 Å². The third-order valence-electron chi connectivity index (χ3n) is 5.17. The van der Waals surface area contributed by atoms with E-state index in [-0.39, 0.29) is 6.54 Å². The van der Waals surface area contributed by atoms with Gasteiger partial charge in [0.2, 0.25) is 5.89 Å². The first-order valence-corrected chi connectivity index (χ1v) is 9.35. The lowest BCUT2D eigenvalue weighted by Gasteiger charge is -2.19. The lowest BCUT2D eigenvalue weighted by molar-refractivity contribution is -0.123. The maximum atomic E-state index is 13.2. The zero-order valence-corrected chi connectivity index (χ0v) is 15.9. The van der Waals surface area contributed by atoms with Gasteiger partial charge in [0.1, 0.15) is 17.3 Å². The van der Waals surface area contributed by atoms with Crippen LogP contribution in [0.3, 0.4) is 0 Å². The third kappa shape index (κ3) is 2.86. The van der Waals surface area contributed by atoms with Gasteiger partial charge in [-0.25, -0.2) is 14.3 Å². The predicted molar refractivity (Wildman–Crippen MR) is 104 cm³/mol. The number of anilines is 1. The van der Waals surface area contributed by atoms with Gasteiger partial charge < -0.3 is 4.42 Å². The number of rotatable bonds is 4. The van der Waals surface area contributed by atoms with E-state index >= 15 is 0 Å². The maximum absolute atomic E-state index is 13.2. The summed E-state index contributed by atoms with van der Waals surface area (Å²) in [7, 11) is 0. The van der Waals surface area contributed by atoms with Crippen LogP contribution in [0.1, 0.15) is 11.5 Å². The number of amides is 2. The summed E-state index contributed by atoms with van der Waals surface area (Å²) in [6, 6.07) is 12.9. The van der Waals surface area contributed by atoms with Crippen molar-refractivity contribution in [3.8, 4) is 11.5 Å². The van der Waals surface area contributed by atoms with E-state index < -0.39 is 29.7 Å². The highest BCUT2D eigenvalue weighted by atomic mass is 19.1. The predicted octanol–water partition coefficient (Wildman–Crippen LogP) is 3.28. The summed E-state index contributed by atoms with van der Waals surface area (Å²) in [5, 5.41) is 9.48. The molecule has 1 saturated heterocycles. The minimum atomic E-state index is -0.927. The van der Waals surface area contributed by atoms with Gasteiger partial charge >= 0.3 is 0 Å². The minimum Gasteiger partial charge on any atom is -0.441 e. The zero-order valence-electron chi connectivity index (χ0n) is 15.9. The Balaban J connectivity index is 1.40. The van der Waals surface area contributed by atoms with Crippen molar-refractivity contribution in [2.75, 3.05) is 4.90 Å². The summed E-state index contributed by atoms with van der Waals surface area (Å²) in [6.45, 7) is 1.95. The molecule has 0 N–H and O–H groups in total. The molecule has 3 heterocycles. The van der Waals surface area contributed by atoms with Crippen LogP contribution in [-0.4, -0.2) is 33.9 Å². The molecule has 0 saturated carbocycles. The monoisotopic (exact) mass is 405 g/mol. The van der Waals surface area contributed by atoms with Crippen molar-refractivity contribution in [3.63, 3.8) is 0 Å². The Morgan fingerprint density at radius 3 is 2.50 bits per heavy atom. The fraction of sp³-hybridized carbons (Fsp3) is 0.190. The summed E-state index contributed by atoms with van der Waals surface area (Å²) in [4.78, 5) is 31.3. The molecule has 150 valence electrons. The number of hydrogen-bond donors (Lipinski definition) is 0. The van der Waals surface area contributed by atoms with Crippen molar-refractivity contribution in [1.82, 2.24) is 9.99 Å². The molecular formula is C21H16FN5O3. The average molecular weight is 405 g/mol. The van der Waals surface area contributed by atoms with Crippen LogP contribution in [0.5, 0.6) is 0 Å². The van der Waals surface area contributed by atoms with Crippen molar-refractivity contribution in [2.45, 2.75) is 25.6 Å². The van der Waals surface area contributed by atoms with E-state index in [4.69, 9.17) is 4.42 Å². The van der Waals surface area contributed by atoms with E-state index in [0.717, 1.165) is 10.5 Å². The highest BCUT2D eigenvalue weighted by Gasteiger charge is 2.54. The lowest BCUT2D eigenvalue weighted by Crippen LogP contribution is -2.39. The van der Waals surface area contributed by atoms with Gasteiger partial charge in [0.15, 0.2) is 12.1 Å². The number of aromatic nitrogens is 1. The summed E-state index contributed by atoms with van der Waals surface area (Å²) in [6.07, 6.45) is 0. The number of imide groups is 1. The summed E-state index contributed by atoms with van der Waals surface area (Å²) in [5.74, 6) is -0.317. The molecule has 2 amide bonds. The van der Waals surface area contributed by atoms with Crippen LogP contribution in [0, 0.1) is 12.7 Å². The molecule has 1 aromatic heterocycles. The number of oxazole rings is 1. The Labute approximate surface area is 170 Å². The van der Waals surface area contributed by atoms with Crippen molar-refractivity contribution in [3.05, 3.63) is 71.9 Å². The highest BCUT2D eigenvalue weighted by molar-refractivity contribution is 6.25. The number of carbonyl (C=O) groups is 2. The molecule has 2 aliphatic rings. The Hall–Kier alpha value is -3.88. The second kappa shape index (κ2) is 6.87. The van der Waals surface area contributed by atoms with Gasteiger partial charge in [-0.1, -0.05) is 23.4 Å². The highest BCUT2D eigenvalue weighted by Crippen LogP contribution is 2.33. The van der Waals surface area contributed by atoms with Gasteiger partial charge in [-0.05, 0) is 43.3 Å². The molecular weight excluding hydrogens is 389 g/mol. The normalized spacial score (nSPS) is 20.3. The van der Waals surface area contributed by atoms with Gasteiger partial charge in [0, 0.05) is 5.56 Å². The number of benzene rings is 2. The van der Waals surface area contributed by atoms with Crippen LogP contribution in [0.4, 0.5) is 10.1 Å². The summed E-state index contributed by atoms with van der Waals surface area (Å²) in [5.41, 5.74) is 1.75. The summed E-state index contributed by atoms with van der Waals surface area (Å²) >= 11 is 0. The van der Waals surface area contributed by atoms with Gasteiger partial charge in [0.05, 0.1) is 12.2 Å². The second-order valence-corrected chi connectivity index (χ2v) is 7.07. The Morgan fingerprint density at radius 1 is 1.03 bits per heavy atom. The van der Waals surface area contributed by atoms with E-state index in [1.165, 1.54) is 29.3 Å². The van der Waals surface area contributed by atoms with Crippen LogP contribution in [0.25, 0.3) is 11.5 Å². The van der Waals surface area contributed by atoms with Crippen molar-refractivity contribution in [2.24, 2.45) is 10.3 Å². The van der Waals surface area contributed by atoms with Gasteiger partial charge in [-0.15, -0.1) is 0 Å². The fourth-order valence-electron chi connectivity index (χ4n) is 3.63. The smallest absolute Gasteiger partial charge is 0.263 e. The molecule has 3 aromatic rings. The van der Waals surface area contributed by atoms with Crippen LogP contribution in [-0.2, 0) is 16.1 Å². The Morgan fingerprint density at radius 2 is 1.77 bits per heavy atom. The van der Waals surface area contributed by atoms with E-state index in [9.17, 15) is 14.0 Å². The van der Waals surface area contributed by atoms with Crippen LogP contribution in [0.15, 0.2) is 69.4 Å². The quantitative estimate of drug-likeness (QED) is 0.621. The van der Waals surface area contributed by atoms with E-state index in [2.05, 4.69) is 15.3 Å². The van der Waals surface area contributed by atoms with E-state index in [1.54, 1.807) is 6.92 Å². The molecule has 2 atom stereocenters. The van der Waals surface area contributed by atoms with E-state index in [1.807, 2.05) is 30.3 Å². The minimum absolute atomic E-state index is 0.170. The summed E-state index contributed by atoms with van der Waals surface area (Å²) < 4.78 is 19.0. The largest absolute Gasteiger partial charge is 0.441 e. The second-order valence-electron chi connectivity index (χ2n) is 7.07. The first-order chi connectivity index (χ1) is 14.5.